The lowest BCUT2D eigenvalue weighted by atomic mass is 9.83. The minimum atomic E-state index is -0.614. The van der Waals surface area contributed by atoms with Crippen molar-refractivity contribution in [2.75, 3.05) is 26.4 Å². The molecule has 1 fully saturated rings. The van der Waals surface area contributed by atoms with Crippen molar-refractivity contribution in [3.05, 3.63) is 29.3 Å². The van der Waals surface area contributed by atoms with Gasteiger partial charge in [0.15, 0.2) is 0 Å². The van der Waals surface area contributed by atoms with Crippen LogP contribution in [0, 0.1) is 0 Å². The van der Waals surface area contributed by atoms with Crippen molar-refractivity contribution in [2.45, 2.75) is 37.9 Å². The first-order chi connectivity index (χ1) is 9.75. The molecule has 0 amide bonds. The van der Waals surface area contributed by atoms with Gasteiger partial charge in [-0.1, -0.05) is 6.07 Å². The predicted octanol–water partition coefficient (Wildman–Crippen LogP) is 2.24. The number of hydrogen-bond donors (Lipinski definition) is 1. The molecule has 1 N–H and O–H groups in total. The Balaban J connectivity index is 1.87. The summed E-state index contributed by atoms with van der Waals surface area (Å²) in [6, 6.07) is 5.97. The maximum Gasteiger partial charge on any atom is 0.122 e. The minimum Gasteiger partial charge on any atom is -0.493 e. The standard InChI is InChI=1S/C16H22O4/c1-2-20-16(6-9-18-10-7-16)15(17)13-3-4-14-12(11-13)5-8-19-14/h3-4,11,15,17H,2,5-10H2,1H3. The number of aliphatic hydroxyl groups is 1. The van der Waals surface area contributed by atoms with E-state index in [1.54, 1.807) is 0 Å². The van der Waals surface area contributed by atoms with Crippen molar-refractivity contribution < 1.29 is 19.3 Å². The summed E-state index contributed by atoms with van der Waals surface area (Å²) in [5.74, 6) is 0.943. The molecule has 2 aliphatic heterocycles. The highest BCUT2D eigenvalue weighted by Gasteiger charge is 2.41. The van der Waals surface area contributed by atoms with E-state index < -0.39 is 11.7 Å². The summed E-state index contributed by atoms with van der Waals surface area (Å²) in [4.78, 5) is 0. The lowest BCUT2D eigenvalue weighted by Crippen LogP contribution is -2.44. The zero-order chi connectivity index (χ0) is 14.0. The van der Waals surface area contributed by atoms with Crippen LogP contribution in [0.25, 0.3) is 0 Å². The summed E-state index contributed by atoms with van der Waals surface area (Å²) in [7, 11) is 0. The minimum absolute atomic E-state index is 0.513. The summed E-state index contributed by atoms with van der Waals surface area (Å²) < 4.78 is 16.9. The number of hydrogen-bond acceptors (Lipinski definition) is 4. The van der Waals surface area contributed by atoms with Crippen LogP contribution >= 0.6 is 0 Å². The second kappa shape index (κ2) is 5.72. The van der Waals surface area contributed by atoms with Crippen LogP contribution in [-0.4, -0.2) is 37.1 Å². The molecule has 0 aliphatic carbocycles. The molecule has 0 radical (unpaired) electrons. The summed E-state index contributed by atoms with van der Waals surface area (Å²) in [6.45, 7) is 4.60. The van der Waals surface area contributed by atoms with E-state index in [9.17, 15) is 5.11 Å². The Hall–Kier alpha value is -1.10. The molecule has 1 atom stereocenters. The third-order valence-corrected chi connectivity index (χ3v) is 4.30. The molecule has 1 saturated heterocycles. The molecule has 0 spiro atoms. The average Bonchev–Trinajstić information content (AvgIpc) is 2.95. The SMILES string of the molecule is CCOC1(C(O)c2ccc3c(c2)CCO3)CCOCC1. The molecule has 1 aromatic rings. The smallest absolute Gasteiger partial charge is 0.122 e. The van der Waals surface area contributed by atoms with Gasteiger partial charge in [0.25, 0.3) is 0 Å². The van der Waals surface area contributed by atoms with E-state index in [0.717, 1.165) is 37.2 Å². The number of fused-ring (bicyclic) bond motifs is 1. The molecule has 110 valence electrons. The van der Waals surface area contributed by atoms with E-state index in [2.05, 4.69) is 6.07 Å². The Morgan fingerprint density at radius 1 is 1.30 bits per heavy atom. The quantitative estimate of drug-likeness (QED) is 0.917. The van der Waals surface area contributed by atoms with E-state index in [1.165, 1.54) is 5.56 Å². The highest BCUT2D eigenvalue weighted by molar-refractivity contribution is 5.41. The Labute approximate surface area is 119 Å². The van der Waals surface area contributed by atoms with Gasteiger partial charge in [0, 0.05) is 39.1 Å². The van der Waals surface area contributed by atoms with Gasteiger partial charge in [-0.25, -0.2) is 0 Å². The Bertz CT molecular complexity index is 460. The molecule has 1 unspecified atom stereocenters. The van der Waals surface area contributed by atoms with E-state index in [1.807, 2.05) is 19.1 Å². The molecule has 2 aliphatic rings. The fourth-order valence-electron chi connectivity index (χ4n) is 3.18. The van der Waals surface area contributed by atoms with Crippen molar-refractivity contribution in [3.8, 4) is 5.75 Å². The normalized spacial score (nSPS) is 22.1. The monoisotopic (exact) mass is 278 g/mol. The highest BCUT2D eigenvalue weighted by Crippen LogP contribution is 2.39. The van der Waals surface area contributed by atoms with Gasteiger partial charge in [-0.05, 0) is 30.2 Å². The molecule has 2 heterocycles. The molecular weight excluding hydrogens is 256 g/mol. The molecule has 0 aromatic heterocycles. The molecule has 0 bridgehead atoms. The van der Waals surface area contributed by atoms with E-state index in [4.69, 9.17) is 14.2 Å². The van der Waals surface area contributed by atoms with Crippen LogP contribution in [0.2, 0.25) is 0 Å². The molecule has 1 aromatic carbocycles. The summed E-state index contributed by atoms with van der Waals surface area (Å²) >= 11 is 0. The number of benzene rings is 1. The largest absolute Gasteiger partial charge is 0.493 e. The first kappa shape index (κ1) is 13.9. The molecule has 20 heavy (non-hydrogen) atoms. The van der Waals surface area contributed by atoms with Crippen LogP contribution in [0.1, 0.15) is 37.0 Å². The summed E-state index contributed by atoms with van der Waals surface area (Å²) in [6.07, 6.45) is 1.77. The van der Waals surface area contributed by atoms with Gasteiger partial charge < -0.3 is 19.3 Å². The Morgan fingerprint density at radius 2 is 2.10 bits per heavy atom. The third-order valence-electron chi connectivity index (χ3n) is 4.30. The first-order valence-electron chi connectivity index (χ1n) is 7.40. The van der Waals surface area contributed by atoms with Gasteiger partial charge in [0.05, 0.1) is 6.61 Å². The van der Waals surface area contributed by atoms with E-state index in [-0.39, 0.29) is 0 Å². The van der Waals surface area contributed by atoms with Gasteiger partial charge >= 0.3 is 0 Å². The lowest BCUT2D eigenvalue weighted by Gasteiger charge is -2.40. The maximum absolute atomic E-state index is 10.8. The van der Waals surface area contributed by atoms with Crippen LogP contribution in [0.3, 0.4) is 0 Å². The van der Waals surface area contributed by atoms with Gasteiger partial charge in [0.2, 0.25) is 0 Å². The zero-order valence-electron chi connectivity index (χ0n) is 11.9. The van der Waals surface area contributed by atoms with Crippen LogP contribution in [0.5, 0.6) is 5.75 Å². The van der Waals surface area contributed by atoms with Crippen molar-refractivity contribution in [3.63, 3.8) is 0 Å². The van der Waals surface area contributed by atoms with Gasteiger partial charge in [-0.15, -0.1) is 0 Å². The first-order valence-corrected chi connectivity index (χ1v) is 7.40. The molecule has 4 heteroatoms. The van der Waals surface area contributed by atoms with Crippen molar-refractivity contribution >= 4 is 0 Å². The Kier molecular flexibility index (Phi) is 3.96. The number of aliphatic hydroxyl groups excluding tert-OH is 1. The highest BCUT2D eigenvalue weighted by atomic mass is 16.5. The molecule has 3 rings (SSSR count). The predicted molar refractivity (Wildman–Crippen MR) is 75.0 cm³/mol. The molecule has 4 nitrogen and oxygen atoms in total. The van der Waals surface area contributed by atoms with Crippen molar-refractivity contribution in [1.29, 1.82) is 0 Å². The fraction of sp³-hybridized carbons (Fsp3) is 0.625. The molecular formula is C16H22O4. The van der Waals surface area contributed by atoms with Gasteiger partial charge in [-0.2, -0.15) is 0 Å². The summed E-state index contributed by atoms with van der Waals surface area (Å²) in [5, 5.41) is 10.8. The Morgan fingerprint density at radius 3 is 2.85 bits per heavy atom. The second-order valence-electron chi connectivity index (χ2n) is 5.48. The second-order valence-corrected chi connectivity index (χ2v) is 5.48. The maximum atomic E-state index is 10.8. The lowest BCUT2D eigenvalue weighted by molar-refractivity contribution is -0.168. The number of ether oxygens (including phenoxy) is 3. The molecule has 0 saturated carbocycles. The topological polar surface area (TPSA) is 47.9 Å². The van der Waals surface area contributed by atoms with Crippen molar-refractivity contribution in [2.24, 2.45) is 0 Å². The average molecular weight is 278 g/mol. The third kappa shape index (κ3) is 2.43. The summed E-state index contributed by atoms with van der Waals surface area (Å²) in [5.41, 5.74) is 1.59. The van der Waals surface area contributed by atoms with Crippen LogP contribution in [0.4, 0.5) is 0 Å². The van der Waals surface area contributed by atoms with Crippen molar-refractivity contribution in [1.82, 2.24) is 0 Å². The number of rotatable bonds is 4. The van der Waals surface area contributed by atoms with E-state index >= 15 is 0 Å². The van der Waals surface area contributed by atoms with E-state index in [0.29, 0.717) is 19.8 Å². The van der Waals surface area contributed by atoms with Gasteiger partial charge in [-0.3, -0.25) is 0 Å². The zero-order valence-corrected chi connectivity index (χ0v) is 11.9. The van der Waals surface area contributed by atoms with Crippen LogP contribution in [0.15, 0.2) is 18.2 Å². The van der Waals surface area contributed by atoms with Crippen LogP contribution in [-0.2, 0) is 15.9 Å². The van der Waals surface area contributed by atoms with Crippen LogP contribution < -0.4 is 4.74 Å². The van der Waals surface area contributed by atoms with Gasteiger partial charge in [0.1, 0.15) is 17.5 Å². The fourth-order valence-corrected chi connectivity index (χ4v) is 3.18.